The second-order valence-electron chi connectivity index (χ2n) is 8.05. The molecule has 7 heteroatoms. The lowest BCUT2D eigenvalue weighted by molar-refractivity contribution is -0.0893. The number of dihydropyridines is 1. The summed E-state index contributed by atoms with van der Waals surface area (Å²) < 4.78 is 56.0. The van der Waals surface area contributed by atoms with E-state index in [2.05, 4.69) is 16.4 Å². The number of halogens is 4. The summed E-state index contributed by atoms with van der Waals surface area (Å²) >= 11 is 0. The van der Waals surface area contributed by atoms with Gasteiger partial charge in [-0.1, -0.05) is 56.3 Å². The van der Waals surface area contributed by atoms with Crippen LogP contribution in [0.2, 0.25) is 0 Å². The number of anilines is 1. The molecule has 0 spiro atoms. The van der Waals surface area contributed by atoms with E-state index in [1.807, 2.05) is 43.3 Å². The van der Waals surface area contributed by atoms with E-state index < -0.39 is 23.6 Å². The van der Waals surface area contributed by atoms with E-state index in [0.29, 0.717) is 24.2 Å². The van der Waals surface area contributed by atoms with E-state index in [-0.39, 0.29) is 5.57 Å². The zero-order valence-electron chi connectivity index (χ0n) is 21.2. The molecular formula is C29H35F4N3. The van der Waals surface area contributed by atoms with Gasteiger partial charge in [-0.05, 0) is 68.3 Å². The highest BCUT2D eigenvalue weighted by Gasteiger charge is 2.37. The number of hydrogen-bond donors (Lipinski definition) is 3. The van der Waals surface area contributed by atoms with Crippen molar-refractivity contribution in [1.82, 2.24) is 5.32 Å². The molecular weight excluding hydrogens is 466 g/mol. The molecule has 1 unspecified atom stereocenters. The lowest BCUT2D eigenvalue weighted by Gasteiger charge is -2.29. The molecule has 194 valence electrons. The van der Waals surface area contributed by atoms with Gasteiger partial charge >= 0.3 is 6.18 Å². The second-order valence-corrected chi connectivity index (χ2v) is 8.05. The number of hydrogen-bond acceptors (Lipinski definition) is 3. The van der Waals surface area contributed by atoms with Crippen LogP contribution in [0, 0.1) is 5.82 Å². The van der Waals surface area contributed by atoms with Crippen molar-refractivity contribution in [3.63, 3.8) is 0 Å². The van der Waals surface area contributed by atoms with Gasteiger partial charge in [-0.2, -0.15) is 13.2 Å². The molecule has 2 aromatic rings. The average Bonchev–Trinajstić information content (AvgIpc) is 2.88. The van der Waals surface area contributed by atoms with Crippen LogP contribution in [-0.4, -0.2) is 19.8 Å². The maximum atomic E-state index is 14.3. The summed E-state index contributed by atoms with van der Waals surface area (Å²) in [5.74, 6) is -0.404. The van der Waals surface area contributed by atoms with Crippen LogP contribution >= 0.6 is 0 Å². The fourth-order valence-corrected chi connectivity index (χ4v) is 4.02. The van der Waals surface area contributed by atoms with Crippen LogP contribution in [0.3, 0.4) is 0 Å². The first kappa shape index (κ1) is 28.9. The number of allylic oxidation sites excluding steroid dienone is 5. The van der Waals surface area contributed by atoms with Gasteiger partial charge in [-0.25, -0.2) is 4.39 Å². The Labute approximate surface area is 211 Å². The Morgan fingerprint density at radius 1 is 1.08 bits per heavy atom. The first-order chi connectivity index (χ1) is 17.3. The lowest BCUT2D eigenvalue weighted by Crippen LogP contribution is -2.27. The molecule has 0 saturated heterocycles. The van der Waals surface area contributed by atoms with E-state index in [0.717, 1.165) is 29.3 Å². The van der Waals surface area contributed by atoms with Gasteiger partial charge < -0.3 is 16.4 Å². The van der Waals surface area contributed by atoms with Crippen LogP contribution in [0.4, 0.5) is 23.2 Å². The molecule has 1 aliphatic heterocycles. The van der Waals surface area contributed by atoms with Crippen molar-refractivity contribution in [2.24, 2.45) is 5.73 Å². The molecule has 1 heterocycles. The molecule has 36 heavy (non-hydrogen) atoms. The SMILES string of the molecule is C/C=C(\C(=C/CC)C1=CC(c2ccccc2)=CC(c2cc(F)ccc2NCCC)N1)C(F)(F)F.CN. The largest absolute Gasteiger partial charge is 0.416 e. The minimum atomic E-state index is -4.51. The quantitative estimate of drug-likeness (QED) is 0.257. The Kier molecular flexibility index (Phi) is 11.0. The van der Waals surface area contributed by atoms with Crippen LogP contribution in [0.15, 0.2) is 89.7 Å². The number of nitrogens with one attached hydrogen (secondary N) is 2. The summed E-state index contributed by atoms with van der Waals surface area (Å²) in [6, 6.07) is 13.4. The monoisotopic (exact) mass is 501 g/mol. The predicted molar refractivity (Wildman–Crippen MR) is 142 cm³/mol. The Morgan fingerprint density at radius 2 is 1.78 bits per heavy atom. The Bertz CT molecular complexity index is 1110. The first-order valence-electron chi connectivity index (χ1n) is 12.1. The van der Waals surface area contributed by atoms with Crippen LogP contribution in [0.5, 0.6) is 0 Å². The fraction of sp³-hybridized carbons (Fsp3) is 0.310. The van der Waals surface area contributed by atoms with Crippen molar-refractivity contribution in [2.75, 3.05) is 18.9 Å². The average molecular weight is 502 g/mol. The molecule has 1 aliphatic rings. The molecule has 4 N–H and O–H groups in total. The van der Waals surface area contributed by atoms with Gasteiger partial charge in [-0.15, -0.1) is 0 Å². The maximum absolute atomic E-state index is 14.3. The van der Waals surface area contributed by atoms with E-state index in [9.17, 15) is 17.6 Å². The van der Waals surface area contributed by atoms with E-state index in [1.165, 1.54) is 26.1 Å². The number of alkyl halides is 3. The highest BCUT2D eigenvalue weighted by Crippen LogP contribution is 2.39. The first-order valence-corrected chi connectivity index (χ1v) is 12.1. The second kappa shape index (κ2) is 13.7. The molecule has 0 bridgehead atoms. The number of rotatable bonds is 8. The molecule has 0 amide bonds. The third kappa shape index (κ3) is 7.34. The van der Waals surface area contributed by atoms with Crippen LogP contribution < -0.4 is 16.4 Å². The predicted octanol–water partition coefficient (Wildman–Crippen LogP) is 7.68. The summed E-state index contributed by atoms with van der Waals surface area (Å²) in [7, 11) is 1.50. The Hall–Kier alpha value is -3.32. The molecule has 3 rings (SSSR count). The molecule has 0 radical (unpaired) electrons. The summed E-state index contributed by atoms with van der Waals surface area (Å²) in [4.78, 5) is 0. The van der Waals surface area contributed by atoms with Crippen molar-refractivity contribution in [2.45, 2.75) is 45.8 Å². The highest BCUT2D eigenvalue weighted by atomic mass is 19.4. The zero-order valence-corrected chi connectivity index (χ0v) is 21.2. The standard InChI is InChI=1S/C28H30F4N2.CH5N/c1-4-10-22(24(6-3)28(30,31)32)26-16-20(19-11-8-7-9-12-19)17-27(34-26)23-18-21(29)13-14-25(23)33-15-5-2;1-2/h6-14,16-18,27,33-34H,4-5,15H2,1-3H3;2H2,1H3/b22-10+,24-6+;. The summed E-state index contributed by atoms with van der Waals surface area (Å²) in [5.41, 5.74) is 7.25. The van der Waals surface area contributed by atoms with E-state index in [4.69, 9.17) is 0 Å². The van der Waals surface area contributed by atoms with Gasteiger partial charge in [0.05, 0.1) is 11.6 Å². The molecule has 2 aromatic carbocycles. The normalized spacial score (nSPS) is 16.3. The van der Waals surface area contributed by atoms with Gasteiger partial charge in [-0.3, -0.25) is 0 Å². The topological polar surface area (TPSA) is 50.1 Å². The van der Waals surface area contributed by atoms with Crippen LogP contribution in [0.25, 0.3) is 5.57 Å². The molecule has 1 atom stereocenters. The van der Waals surface area contributed by atoms with Gasteiger partial charge in [0, 0.05) is 29.1 Å². The van der Waals surface area contributed by atoms with Crippen molar-refractivity contribution >= 4 is 11.3 Å². The van der Waals surface area contributed by atoms with Crippen molar-refractivity contribution in [3.8, 4) is 0 Å². The Morgan fingerprint density at radius 3 is 2.36 bits per heavy atom. The lowest BCUT2D eigenvalue weighted by atomic mass is 9.90. The molecule has 0 aromatic heterocycles. The number of benzene rings is 2. The van der Waals surface area contributed by atoms with E-state index >= 15 is 0 Å². The third-order valence-corrected chi connectivity index (χ3v) is 5.56. The van der Waals surface area contributed by atoms with Gasteiger partial charge in [0.25, 0.3) is 0 Å². The molecule has 3 nitrogen and oxygen atoms in total. The summed E-state index contributed by atoms with van der Waals surface area (Å²) in [5, 5.41) is 6.56. The van der Waals surface area contributed by atoms with Gasteiger partial charge in [0.2, 0.25) is 0 Å². The highest BCUT2D eigenvalue weighted by molar-refractivity contribution is 5.79. The van der Waals surface area contributed by atoms with Crippen molar-refractivity contribution in [3.05, 3.63) is 107 Å². The molecule has 0 aliphatic carbocycles. The van der Waals surface area contributed by atoms with E-state index in [1.54, 1.807) is 25.1 Å². The van der Waals surface area contributed by atoms with Crippen molar-refractivity contribution in [1.29, 1.82) is 0 Å². The maximum Gasteiger partial charge on any atom is 0.416 e. The van der Waals surface area contributed by atoms with Crippen LogP contribution in [0.1, 0.15) is 50.8 Å². The smallest absolute Gasteiger partial charge is 0.385 e. The Balaban J connectivity index is 0.00000222. The summed E-state index contributed by atoms with van der Waals surface area (Å²) in [6.45, 7) is 5.92. The molecule has 0 saturated carbocycles. The van der Waals surface area contributed by atoms with Crippen molar-refractivity contribution < 1.29 is 17.6 Å². The zero-order chi connectivity index (χ0) is 26.7. The van der Waals surface area contributed by atoms with Gasteiger partial charge in [0.1, 0.15) is 5.82 Å². The van der Waals surface area contributed by atoms with Crippen LogP contribution in [-0.2, 0) is 0 Å². The minimum Gasteiger partial charge on any atom is -0.385 e. The molecule has 0 fully saturated rings. The summed E-state index contributed by atoms with van der Waals surface area (Å²) in [6.07, 6.45) is 3.14. The van der Waals surface area contributed by atoms with Gasteiger partial charge in [0.15, 0.2) is 0 Å². The fourth-order valence-electron chi connectivity index (χ4n) is 4.02. The minimum absolute atomic E-state index is 0.0866. The number of nitrogens with two attached hydrogens (primary N) is 1. The third-order valence-electron chi connectivity index (χ3n) is 5.56.